The highest BCUT2D eigenvalue weighted by Gasteiger charge is 2.32. The van der Waals surface area contributed by atoms with Crippen molar-refractivity contribution < 1.29 is 17.9 Å². The molecule has 1 unspecified atom stereocenters. The highest BCUT2D eigenvalue weighted by Crippen LogP contribution is 2.23. The lowest BCUT2D eigenvalue weighted by Gasteiger charge is -2.24. The van der Waals surface area contributed by atoms with E-state index in [1.807, 2.05) is 31.2 Å². The summed E-state index contributed by atoms with van der Waals surface area (Å²) in [6, 6.07) is 7.19. The van der Waals surface area contributed by atoms with Crippen LogP contribution in [0.25, 0.3) is 0 Å². The van der Waals surface area contributed by atoms with E-state index >= 15 is 0 Å². The average Bonchev–Trinajstić information content (AvgIpc) is 2.85. The number of nitrogens with one attached hydrogen (secondary N) is 1. The van der Waals surface area contributed by atoms with Crippen LogP contribution in [0.15, 0.2) is 24.3 Å². The number of ether oxygens (including phenoxy) is 1. The number of para-hydroxylation sites is 2. The molecule has 0 spiro atoms. The first-order valence-electron chi connectivity index (χ1n) is 7.34. The number of hydrogen-bond donors (Lipinski definition) is 1. The van der Waals surface area contributed by atoms with Crippen LogP contribution in [0, 0.1) is 0 Å². The molecule has 6 nitrogen and oxygen atoms in total. The summed E-state index contributed by atoms with van der Waals surface area (Å²) in [4.78, 5) is 13.7. The Bertz CT molecular complexity index is 630. The van der Waals surface area contributed by atoms with Gasteiger partial charge in [0, 0.05) is 13.1 Å². The molecule has 7 heteroatoms. The molecule has 22 heavy (non-hydrogen) atoms. The second-order valence-corrected chi connectivity index (χ2v) is 7.57. The molecular formula is C15H22N2O4S. The highest BCUT2D eigenvalue weighted by atomic mass is 32.2. The lowest BCUT2D eigenvalue weighted by atomic mass is 10.2. The summed E-state index contributed by atoms with van der Waals surface area (Å²) in [6.07, 6.45) is 0.514. The predicted molar refractivity (Wildman–Crippen MR) is 85.9 cm³/mol. The van der Waals surface area contributed by atoms with Gasteiger partial charge in [0.15, 0.2) is 9.84 Å². The topological polar surface area (TPSA) is 75.7 Å². The van der Waals surface area contributed by atoms with Gasteiger partial charge < -0.3 is 15.0 Å². The van der Waals surface area contributed by atoms with Crippen molar-refractivity contribution >= 4 is 21.4 Å². The molecule has 2 rings (SSSR count). The van der Waals surface area contributed by atoms with Gasteiger partial charge in [-0.05, 0) is 25.5 Å². The molecule has 0 aromatic heterocycles. The number of anilines is 1. The number of amides is 1. The van der Waals surface area contributed by atoms with Crippen LogP contribution in [0.5, 0.6) is 5.75 Å². The maximum Gasteiger partial charge on any atom is 0.241 e. The molecule has 1 saturated heterocycles. The second kappa shape index (κ2) is 7.00. The van der Waals surface area contributed by atoms with Gasteiger partial charge in [-0.15, -0.1) is 0 Å². The summed E-state index contributed by atoms with van der Waals surface area (Å²) in [7, 11) is -1.33. The Morgan fingerprint density at radius 3 is 2.77 bits per heavy atom. The fraction of sp³-hybridized carbons (Fsp3) is 0.533. The Labute approximate surface area is 131 Å². The monoisotopic (exact) mass is 326 g/mol. The highest BCUT2D eigenvalue weighted by molar-refractivity contribution is 7.91. The van der Waals surface area contributed by atoms with Crippen molar-refractivity contribution in [2.45, 2.75) is 19.4 Å². The fourth-order valence-corrected chi connectivity index (χ4v) is 4.25. The predicted octanol–water partition coefficient (Wildman–Crippen LogP) is 1.14. The molecule has 1 aliphatic heterocycles. The normalized spacial score (nSPS) is 19.6. The third-order valence-electron chi connectivity index (χ3n) is 3.77. The first-order chi connectivity index (χ1) is 10.4. The average molecular weight is 326 g/mol. The lowest BCUT2D eigenvalue weighted by Crippen LogP contribution is -2.40. The smallest absolute Gasteiger partial charge is 0.241 e. The number of hydrogen-bond acceptors (Lipinski definition) is 5. The van der Waals surface area contributed by atoms with E-state index in [1.165, 1.54) is 4.90 Å². The Morgan fingerprint density at radius 1 is 1.41 bits per heavy atom. The molecule has 1 heterocycles. The van der Waals surface area contributed by atoms with Crippen LogP contribution >= 0.6 is 0 Å². The molecule has 122 valence electrons. The van der Waals surface area contributed by atoms with Gasteiger partial charge >= 0.3 is 0 Å². The number of rotatable bonds is 6. The Kier molecular flexibility index (Phi) is 5.28. The third kappa shape index (κ3) is 4.13. The third-order valence-corrected chi connectivity index (χ3v) is 5.52. The van der Waals surface area contributed by atoms with Crippen molar-refractivity contribution in [3.05, 3.63) is 24.3 Å². The van der Waals surface area contributed by atoms with Crippen LogP contribution in [-0.2, 0) is 14.6 Å². The number of benzene rings is 1. The van der Waals surface area contributed by atoms with Crippen molar-refractivity contribution in [2.24, 2.45) is 0 Å². The fourth-order valence-electron chi connectivity index (χ4n) is 2.47. The van der Waals surface area contributed by atoms with Crippen molar-refractivity contribution in [3.63, 3.8) is 0 Å². The lowest BCUT2D eigenvalue weighted by molar-refractivity contribution is -0.129. The van der Waals surface area contributed by atoms with Crippen molar-refractivity contribution in [2.75, 3.05) is 37.0 Å². The summed E-state index contributed by atoms with van der Waals surface area (Å²) in [5.74, 6) is 0.790. The van der Waals surface area contributed by atoms with Crippen LogP contribution in [0.2, 0.25) is 0 Å². The van der Waals surface area contributed by atoms with Gasteiger partial charge in [-0.3, -0.25) is 4.79 Å². The van der Waals surface area contributed by atoms with E-state index in [-0.39, 0.29) is 30.0 Å². The number of carbonyl (C=O) groups is 1. The summed E-state index contributed by atoms with van der Waals surface area (Å²) in [5, 5.41) is 3.06. The summed E-state index contributed by atoms with van der Waals surface area (Å²) >= 11 is 0. The zero-order valence-electron chi connectivity index (χ0n) is 12.9. The largest absolute Gasteiger partial charge is 0.492 e. The number of carbonyl (C=O) groups excluding carboxylic acids is 1. The van der Waals surface area contributed by atoms with Gasteiger partial charge in [0.05, 0.1) is 30.3 Å². The minimum absolute atomic E-state index is 0.0603. The van der Waals surface area contributed by atoms with E-state index in [1.54, 1.807) is 7.05 Å². The number of likely N-dealkylation sites (N-methyl/N-ethyl adjacent to an activating group) is 1. The van der Waals surface area contributed by atoms with Crippen LogP contribution in [0.1, 0.15) is 13.3 Å². The molecule has 1 fully saturated rings. The first-order valence-corrected chi connectivity index (χ1v) is 9.17. The Morgan fingerprint density at radius 2 is 2.14 bits per heavy atom. The minimum atomic E-state index is -2.99. The SMILES string of the molecule is CCOc1ccccc1NCC(=O)N(C)C1CCS(=O)(=O)C1. The van der Waals surface area contributed by atoms with E-state index in [2.05, 4.69) is 5.32 Å². The molecule has 1 aliphatic rings. The maximum atomic E-state index is 12.2. The molecule has 1 atom stereocenters. The van der Waals surface area contributed by atoms with Crippen LogP contribution in [0.3, 0.4) is 0 Å². The van der Waals surface area contributed by atoms with E-state index in [0.717, 1.165) is 5.69 Å². The molecule has 0 radical (unpaired) electrons. The Hall–Kier alpha value is -1.76. The summed E-state index contributed by atoms with van der Waals surface area (Å²) in [5.41, 5.74) is 0.755. The van der Waals surface area contributed by atoms with Gasteiger partial charge in [-0.2, -0.15) is 0 Å². The Balaban J connectivity index is 1.93. The van der Waals surface area contributed by atoms with E-state index in [9.17, 15) is 13.2 Å². The zero-order chi connectivity index (χ0) is 16.2. The number of nitrogens with zero attached hydrogens (tertiary/aromatic N) is 1. The van der Waals surface area contributed by atoms with Crippen LogP contribution < -0.4 is 10.1 Å². The maximum absolute atomic E-state index is 12.2. The van der Waals surface area contributed by atoms with Crippen molar-refractivity contribution in [1.82, 2.24) is 4.90 Å². The molecule has 0 bridgehead atoms. The molecule has 1 aromatic carbocycles. The molecule has 0 aliphatic carbocycles. The zero-order valence-corrected chi connectivity index (χ0v) is 13.7. The van der Waals surface area contributed by atoms with Gasteiger partial charge in [0.2, 0.25) is 5.91 Å². The molecule has 1 aromatic rings. The molecule has 0 saturated carbocycles. The molecule has 1 N–H and O–H groups in total. The van der Waals surface area contributed by atoms with Gasteiger partial charge in [0.1, 0.15) is 5.75 Å². The van der Waals surface area contributed by atoms with Crippen LogP contribution in [0.4, 0.5) is 5.69 Å². The number of sulfone groups is 1. The van der Waals surface area contributed by atoms with E-state index in [4.69, 9.17) is 4.74 Å². The molecular weight excluding hydrogens is 304 g/mol. The van der Waals surface area contributed by atoms with Gasteiger partial charge in [0.25, 0.3) is 0 Å². The van der Waals surface area contributed by atoms with E-state index in [0.29, 0.717) is 18.8 Å². The summed E-state index contributed by atoms with van der Waals surface area (Å²) < 4.78 is 28.5. The minimum Gasteiger partial charge on any atom is -0.492 e. The van der Waals surface area contributed by atoms with Gasteiger partial charge in [-0.1, -0.05) is 12.1 Å². The quantitative estimate of drug-likeness (QED) is 0.848. The summed E-state index contributed by atoms with van der Waals surface area (Å²) in [6.45, 7) is 2.56. The van der Waals surface area contributed by atoms with Gasteiger partial charge in [-0.25, -0.2) is 8.42 Å². The van der Waals surface area contributed by atoms with Crippen molar-refractivity contribution in [3.8, 4) is 5.75 Å². The van der Waals surface area contributed by atoms with Crippen molar-refractivity contribution in [1.29, 1.82) is 0 Å². The molecule has 1 amide bonds. The van der Waals surface area contributed by atoms with Crippen LogP contribution in [-0.4, -0.2) is 57.0 Å². The van der Waals surface area contributed by atoms with E-state index < -0.39 is 9.84 Å². The first kappa shape index (κ1) is 16.6. The standard InChI is InChI=1S/C15H22N2O4S/c1-3-21-14-7-5-4-6-13(14)16-10-15(18)17(2)12-8-9-22(19,20)11-12/h4-7,12,16H,3,8-11H2,1-2H3. The second-order valence-electron chi connectivity index (χ2n) is 5.34.